The number of carbonyl (C=O) groups excluding carboxylic acids is 1. The Morgan fingerprint density at radius 1 is 1.24 bits per heavy atom. The van der Waals surface area contributed by atoms with E-state index in [1.807, 2.05) is 13.0 Å². The zero-order chi connectivity index (χ0) is 17.5. The first-order chi connectivity index (χ1) is 11.5. The molecule has 0 radical (unpaired) electrons. The average Bonchev–Trinajstić information content (AvgIpc) is 3.00. The number of aliphatic imine (C=N–C) groups is 1. The summed E-state index contributed by atoms with van der Waals surface area (Å²) in [5.41, 5.74) is 6.02. The Labute approximate surface area is 173 Å². The minimum Gasteiger partial charge on any atom is -0.454 e. The Kier molecular flexibility index (Phi) is 9.09. The highest BCUT2D eigenvalue weighted by atomic mass is 127. The molecular weight excluding hydrogens is 478 g/mol. The third-order valence-electron chi connectivity index (χ3n) is 3.10. The minimum absolute atomic E-state index is 0. The van der Waals surface area contributed by atoms with Crippen molar-refractivity contribution < 1.29 is 9.21 Å². The number of guanidine groups is 1. The molecule has 25 heavy (non-hydrogen) atoms. The van der Waals surface area contributed by atoms with E-state index in [1.165, 1.54) is 6.07 Å². The predicted molar refractivity (Wildman–Crippen MR) is 111 cm³/mol. The van der Waals surface area contributed by atoms with E-state index in [2.05, 4.69) is 15.6 Å². The maximum atomic E-state index is 11.0. The number of hydrogen-bond donors (Lipinski definition) is 3. The normalized spacial score (nSPS) is 10.9. The second kappa shape index (κ2) is 10.5. The van der Waals surface area contributed by atoms with Gasteiger partial charge in [0.2, 0.25) is 0 Å². The van der Waals surface area contributed by atoms with Crippen molar-refractivity contribution in [2.24, 2.45) is 10.7 Å². The molecule has 0 unspecified atom stereocenters. The van der Waals surface area contributed by atoms with Gasteiger partial charge in [0.05, 0.1) is 13.1 Å². The van der Waals surface area contributed by atoms with Gasteiger partial charge in [-0.25, -0.2) is 4.99 Å². The van der Waals surface area contributed by atoms with Crippen LogP contribution in [0.15, 0.2) is 39.7 Å². The number of primary amides is 1. The number of hydrogen-bond acceptors (Lipinski definition) is 3. The van der Waals surface area contributed by atoms with Crippen LogP contribution in [0.2, 0.25) is 10.0 Å². The fourth-order valence-electron chi connectivity index (χ4n) is 1.93. The number of benzene rings is 1. The van der Waals surface area contributed by atoms with Crippen LogP contribution < -0.4 is 16.4 Å². The zero-order valence-electron chi connectivity index (χ0n) is 13.5. The lowest BCUT2D eigenvalue weighted by Gasteiger charge is -2.10. The molecule has 4 N–H and O–H groups in total. The van der Waals surface area contributed by atoms with Crippen molar-refractivity contribution in [1.29, 1.82) is 0 Å². The highest BCUT2D eigenvalue weighted by Gasteiger charge is 2.08. The lowest BCUT2D eigenvalue weighted by Crippen LogP contribution is -2.36. The molecule has 2 rings (SSSR count). The fourth-order valence-corrected chi connectivity index (χ4v) is 2.40. The van der Waals surface area contributed by atoms with Crippen LogP contribution >= 0.6 is 47.2 Å². The summed E-state index contributed by atoms with van der Waals surface area (Å²) < 4.78 is 5.31. The molecule has 0 aliphatic carbocycles. The van der Waals surface area contributed by atoms with Crippen molar-refractivity contribution >= 4 is 59.0 Å². The third-order valence-corrected chi connectivity index (χ3v) is 3.69. The van der Waals surface area contributed by atoms with E-state index in [0.717, 1.165) is 5.56 Å². The summed E-state index contributed by atoms with van der Waals surface area (Å²) in [5, 5.41) is 7.39. The molecule has 2 aromatic rings. The van der Waals surface area contributed by atoms with Gasteiger partial charge in [0, 0.05) is 16.6 Å². The van der Waals surface area contributed by atoms with Crippen molar-refractivity contribution in [2.45, 2.75) is 20.0 Å². The number of nitrogens with two attached hydrogens (primary N) is 1. The van der Waals surface area contributed by atoms with Crippen LogP contribution in [0, 0.1) is 0 Å². The summed E-state index contributed by atoms with van der Waals surface area (Å²) in [4.78, 5) is 15.5. The lowest BCUT2D eigenvalue weighted by molar-refractivity contribution is 0.0972. The molecule has 0 saturated carbocycles. The largest absolute Gasteiger partial charge is 0.454 e. The van der Waals surface area contributed by atoms with Gasteiger partial charge in [0.15, 0.2) is 11.7 Å². The molecule has 0 spiro atoms. The van der Waals surface area contributed by atoms with Gasteiger partial charge in [-0.1, -0.05) is 29.3 Å². The number of nitrogens with one attached hydrogen (secondary N) is 2. The zero-order valence-corrected chi connectivity index (χ0v) is 17.4. The molecule has 0 saturated heterocycles. The van der Waals surface area contributed by atoms with Gasteiger partial charge in [-0.3, -0.25) is 4.79 Å². The first-order valence-electron chi connectivity index (χ1n) is 7.34. The van der Waals surface area contributed by atoms with E-state index in [9.17, 15) is 4.79 Å². The second-order valence-corrected chi connectivity index (χ2v) is 5.76. The fraction of sp³-hybridized carbons (Fsp3) is 0.250. The Morgan fingerprint density at radius 2 is 2.00 bits per heavy atom. The van der Waals surface area contributed by atoms with E-state index in [4.69, 9.17) is 33.4 Å². The first-order valence-corrected chi connectivity index (χ1v) is 8.09. The quantitative estimate of drug-likeness (QED) is 0.324. The number of carbonyl (C=O) groups is 1. The molecular formula is C16H19Cl2IN4O2. The SMILES string of the molecule is CCNC(=NCc1ccc(Cl)cc1Cl)NCc1ccc(C(N)=O)o1.I. The summed E-state index contributed by atoms with van der Waals surface area (Å²) in [6.45, 7) is 3.43. The van der Waals surface area contributed by atoms with Gasteiger partial charge in [-0.2, -0.15) is 0 Å². The smallest absolute Gasteiger partial charge is 0.284 e. The van der Waals surface area contributed by atoms with E-state index < -0.39 is 5.91 Å². The number of nitrogens with zero attached hydrogens (tertiary/aromatic N) is 1. The molecule has 136 valence electrons. The standard InChI is InChI=1S/C16H18Cl2N4O2.HI/c1-2-20-16(21-8-10-3-4-11(17)7-13(10)18)22-9-12-5-6-14(24-12)15(19)23;/h3-7H,2,8-9H2,1H3,(H2,19,23)(H2,20,21,22);1H. The molecule has 9 heteroatoms. The van der Waals surface area contributed by atoms with Gasteiger partial charge < -0.3 is 20.8 Å². The van der Waals surface area contributed by atoms with Crippen LogP contribution in [-0.2, 0) is 13.1 Å². The molecule has 1 aromatic carbocycles. The molecule has 6 nitrogen and oxygen atoms in total. The van der Waals surface area contributed by atoms with Gasteiger partial charge in [0.1, 0.15) is 5.76 Å². The highest BCUT2D eigenvalue weighted by molar-refractivity contribution is 14.0. The Bertz CT molecular complexity index is 749. The van der Waals surface area contributed by atoms with Gasteiger partial charge in [-0.15, -0.1) is 24.0 Å². The van der Waals surface area contributed by atoms with Crippen LogP contribution in [0.4, 0.5) is 0 Å². The van der Waals surface area contributed by atoms with Crippen molar-refractivity contribution in [3.63, 3.8) is 0 Å². The van der Waals surface area contributed by atoms with Crippen LogP contribution in [0.1, 0.15) is 28.8 Å². The van der Waals surface area contributed by atoms with Crippen molar-refractivity contribution in [3.8, 4) is 0 Å². The minimum atomic E-state index is -0.598. The van der Waals surface area contributed by atoms with Gasteiger partial charge >= 0.3 is 0 Å². The van der Waals surface area contributed by atoms with E-state index in [1.54, 1.807) is 18.2 Å². The number of halogens is 3. The van der Waals surface area contributed by atoms with Crippen LogP contribution in [0.3, 0.4) is 0 Å². The van der Waals surface area contributed by atoms with Crippen molar-refractivity contribution in [1.82, 2.24) is 10.6 Å². The van der Waals surface area contributed by atoms with E-state index in [0.29, 0.717) is 41.4 Å². The lowest BCUT2D eigenvalue weighted by atomic mass is 10.2. The summed E-state index contributed by atoms with van der Waals surface area (Å²) >= 11 is 12.0. The van der Waals surface area contributed by atoms with Crippen LogP contribution in [0.25, 0.3) is 0 Å². The summed E-state index contributed by atoms with van der Waals surface area (Å²) in [7, 11) is 0. The molecule has 0 aliphatic heterocycles. The Balaban J connectivity index is 0.00000312. The highest BCUT2D eigenvalue weighted by Crippen LogP contribution is 2.21. The van der Waals surface area contributed by atoms with Crippen LogP contribution in [-0.4, -0.2) is 18.4 Å². The molecule has 1 aromatic heterocycles. The molecule has 1 heterocycles. The van der Waals surface area contributed by atoms with E-state index in [-0.39, 0.29) is 29.7 Å². The molecule has 0 fully saturated rings. The Hall–Kier alpha value is -1.45. The number of amides is 1. The molecule has 1 amide bonds. The third kappa shape index (κ3) is 6.75. The summed E-state index contributed by atoms with van der Waals surface area (Å²) in [6.07, 6.45) is 0. The first kappa shape index (κ1) is 21.6. The van der Waals surface area contributed by atoms with Crippen LogP contribution in [0.5, 0.6) is 0 Å². The monoisotopic (exact) mass is 496 g/mol. The topological polar surface area (TPSA) is 92.6 Å². The number of rotatable bonds is 6. The van der Waals surface area contributed by atoms with E-state index >= 15 is 0 Å². The summed E-state index contributed by atoms with van der Waals surface area (Å²) in [6, 6.07) is 8.52. The maximum Gasteiger partial charge on any atom is 0.284 e. The summed E-state index contributed by atoms with van der Waals surface area (Å²) in [5.74, 6) is 0.709. The average molecular weight is 497 g/mol. The maximum absolute atomic E-state index is 11.0. The van der Waals surface area contributed by atoms with Gasteiger partial charge in [0.25, 0.3) is 5.91 Å². The molecule has 0 bridgehead atoms. The van der Waals surface area contributed by atoms with Crippen molar-refractivity contribution in [3.05, 3.63) is 57.5 Å². The Morgan fingerprint density at radius 3 is 2.60 bits per heavy atom. The molecule has 0 aliphatic rings. The number of furan rings is 1. The molecule has 0 atom stereocenters. The second-order valence-electron chi connectivity index (χ2n) is 4.91. The van der Waals surface area contributed by atoms with Gasteiger partial charge in [-0.05, 0) is 36.8 Å². The van der Waals surface area contributed by atoms with Crippen molar-refractivity contribution in [2.75, 3.05) is 6.54 Å². The predicted octanol–water partition coefficient (Wildman–Crippen LogP) is 3.56.